The van der Waals surface area contributed by atoms with Crippen molar-refractivity contribution in [1.82, 2.24) is 4.90 Å². The summed E-state index contributed by atoms with van der Waals surface area (Å²) in [7, 11) is 2.07. The Morgan fingerprint density at radius 3 is 2.90 bits per heavy atom. The SMILES string of the molecule is CCOc1cc(CC2CN(C)CCC2O)cc(N)c1O. The van der Waals surface area contributed by atoms with Gasteiger partial charge in [0.05, 0.1) is 18.4 Å². The summed E-state index contributed by atoms with van der Waals surface area (Å²) < 4.78 is 5.39. The van der Waals surface area contributed by atoms with Crippen molar-refractivity contribution in [2.45, 2.75) is 25.9 Å². The standard InChI is InChI=1S/C15H24N2O3/c1-3-20-14-8-10(7-12(16)15(14)19)6-11-9-17(2)5-4-13(11)18/h7-8,11,13,18-19H,3-6,9,16H2,1-2H3. The minimum atomic E-state index is -0.281. The molecular weight excluding hydrogens is 256 g/mol. The number of nitrogen functional groups attached to an aromatic ring is 1. The van der Waals surface area contributed by atoms with E-state index in [0.29, 0.717) is 18.0 Å². The van der Waals surface area contributed by atoms with E-state index in [4.69, 9.17) is 10.5 Å². The lowest BCUT2D eigenvalue weighted by atomic mass is 9.88. The molecule has 1 saturated heterocycles. The Morgan fingerprint density at radius 1 is 1.45 bits per heavy atom. The van der Waals surface area contributed by atoms with E-state index < -0.39 is 0 Å². The maximum atomic E-state index is 10.1. The highest BCUT2D eigenvalue weighted by Gasteiger charge is 2.26. The zero-order valence-electron chi connectivity index (χ0n) is 12.2. The maximum Gasteiger partial charge on any atom is 0.181 e. The number of benzene rings is 1. The van der Waals surface area contributed by atoms with Crippen LogP contribution in [0.25, 0.3) is 0 Å². The number of nitrogens with zero attached hydrogens (tertiary/aromatic N) is 1. The molecule has 1 aliphatic rings. The van der Waals surface area contributed by atoms with E-state index in [-0.39, 0.29) is 17.8 Å². The summed E-state index contributed by atoms with van der Waals surface area (Å²) in [6, 6.07) is 3.58. The van der Waals surface area contributed by atoms with Crippen molar-refractivity contribution in [3.05, 3.63) is 17.7 Å². The van der Waals surface area contributed by atoms with Crippen LogP contribution < -0.4 is 10.5 Å². The van der Waals surface area contributed by atoms with E-state index in [1.54, 1.807) is 6.07 Å². The molecule has 1 aromatic carbocycles. The topological polar surface area (TPSA) is 79.0 Å². The van der Waals surface area contributed by atoms with Crippen LogP contribution in [0.5, 0.6) is 11.5 Å². The van der Waals surface area contributed by atoms with E-state index in [2.05, 4.69) is 11.9 Å². The smallest absolute Gasteiger partial charge is 0.181 e. The molecule has 0 saturated carbocycles. The van der Waals surface area contributed by atoms with Crippen LogP contribution in [0.1, 0.15) is 18.9 Å². The molecule has 2 rings (SSSR count). The molecule has 1 heterocycles. The number of hydrogen-bond acceptors (Lipinski definition) is 5. The Hall–Kier alpha value is -1.46. The van der Waals surface area contributed by atoms with Crippen LogP contribution in [-0.2, 0) is 6.42 Å². The molecule has 0 aliphatic carbocycles. The maximum absolute atomic E-state index is 10.1. The van der Waals surface area contributed by atoms with Crippen molar-refractivity contribution in [1.29, 1.82) is 0 Å². The lowest BCUT2D eigenvalue weighted by molar-refractivity contribution is 0.0366. The molecule has 112 valence electrons. The third-order valence-corrected chi connectivity index (χ3v) is 3.86. The third-order valence-electron chi connectivity index (χ3n) is 3.86. The number of phenolic OH excluding ortho intramolecular Hbond substituents is 1. The minimum Gasteiger partial charge on any atom is -0.503 e. The molecule has 2 unspecified atom stereocenters. The average Bonchev–Trinajstić information content (AvgIpc) is 2.40. The van der Waals surface area contributed by atoms with E-state index in [0.717, 1.165) is 31.5 Å². The van der Waals surface area contributed by atoms with Crippen LogP contribution in [0.4, 0.5) is 5.69 Å². The largest absolute Gasteiger partial charge is 0.503 e. The third kappa shape index (κ3) is 3.35. The summed E-state index contributed by atoms with van der Waals surface area (Å²) in [5, 5.41) is 20.0. The first kappa shape index (κ1) is 14.9. The molecule has 1 aliphatic heterocycles. The summed E-state index contributed by atoms with van der Waals surface area (Å²) in [5.41, 5.74) is 7.13. The van der Waals surface area contributed by atoms with Gasteiger partial charge in [-0.1, -0.05) is 0 Å². The van der Waals surface area contributed by atoms with Crippen LogP contribution in [0.15, 0.2) is 12.1 Å². The second kappa shape index (κ2) is 6.33. The number of nitrogens with two attached hydrogens (primary N) is 1. The fourth-order valence-corrected chi connectivity index (χ4v) is 2.78. The molecule has 5 heteroatoms. The van der Waals surface area contributed by atoms with Gasteiger partial charge in [-0.2, -0.15) is 0 Å². The molecule has 20 heavy (non-hydrogen) atoms. The van der Waals surface area contributed by atoms with Gasteiger partial charge in [0, 0.05) is 19.0 Å². The summed E-state index contributed by atoms with van der Waals surface area (Å²) >= 11 is 0. The summed E-state index contributed by atoms with van der Waals surface area (Å²) in [6.07, 6.45) is 1.25. The summed E-state index contributed by atoms with van der Waals surface area (Å²) in [6.45, 7) is 4.14. The number of piperidine rings is 1. The van der Waals surface area contributed by atoms with E-state index in [9.17, 15) is 10.2 Å². The van der Waals surface area contributed by atoms with Crippen molar-refractivity contribution in [3.63, 3.8) is 0 Å². The van der Waals surface area contributed by atoms with Crippen molar-refractivity contribution < 1.29 is 14.9 Å². The highest BCUT2D eigenvalue weighted by Crippen LogP contribution is 2.35. The van der Waals surface area contributed by atoms with Gasteiger partial charge in [0.15, 0.2) is 11.5 Å². The molecule has 0 bridgehead atoms. The molecule has 0 aromatic heterocycles. The van der Waals surface area contributed by atoms with Crippen LogP contribution in [0.3, 0.4) is 0 Å². The Bertz CT molecular complexity index is 465. The quantitative estimate of drug-likeness (QED) is 0.571. The van der Waals surface area contributed by atoms with E-state index in [1.165, 1.54) is 0 Å². The van der Waals surface area contributed by atoms with Crippen LogP contribution in [0.2, 0.25) is 0 Å². The number of aliphatic hydroxyl groups is 1. The first-order valence-corrected chi connectivity index (χ1v) is 7.12. The van der Waals surface area contributed by atoms with E-state index in [1.807, 2.05) is 13.0 Å². The molecule has 0 spiro atoms. The average molecular weight is 280 g/mol. The van der Waals surface area contributed by atoms with Crippen LogP contribution >= 0.6 is 0 Å². The van der Waals surface area contributed by atoms with Gasteiger partial charge in [-0.05, 0) is 44.5 Å². The first-order chi connectivity index (χ1) is 9.51. The van der Waals surface area contributed by atoms with Gasteiger partial charge in [0.2, 0.25) is 0 Å². The minimum absolute atomic E-state index is 0.00286. The number of likely N-dealkylation sites (tertiary alicyclic amines) is 1. The number of hydrogen-bond donors (Lipinski definition) is 3. The number of ether oxygens (including phenoxy) is 1. The number of aromatic hydroxyl groups is 1. The van der Waals surface area contributed by atoms with Crippen LogP contribution in [0, 0.1) is 5.92 Å². The van der Waals surface area contributed by atoms with Crippen molar-refractivity contribution >= 4 is 5.69 Å². The number of aliphatic hydroxyl groups excluding tert-OH is 1. The van der Waals surface area contributed by atoms with Crippen molar-refractivity contribution in [3.8, 4) is 11.5 Å². The number of anilines is 1. The summed E-state index contributed by atoms with van der Waals surface area (Å²) in [4.78, 5) is 2.23. The van der Waals surface area contributed by atoms with Crippen molar-refractivity contribution in [2.75, 3.05) is 32.5 Å². The molecular formula is C15H24N2O3. The number of rotatable bonds is 4. The Balaban J connectivity index is 2.16. The van der Waals surface area contributed by atoms with Crippen LogP contribution in [-0.4, -0.2) is 48.0 Å². The van der Waals surface area contributed by atoms with Gasteiger partial charge in [-0.25, -0.2) is 0 Å². The van der Waals surface area contributed by atoms with Gasteiger partial charge in [-0.15, -0.1) is 0 Å². The highest BCUT2D eigenvalue weighted by atomic mass is 16.5. The lowest BCUT2D eigenvalue weighted by Gasteiger charge is -2.34. The highest BCUT2D eigenvalue weighted by molar-refractivity contribution is 5.61. The Labute approximate surface area is 120 Å². The molecule has 1 aromatic rings. The zero-order valence-corrected chi connectivity index (χ0v) is 12.2. The van der Waals surface area contributed by atoms with Gasteiger partial charge < -0.3 is 25.6 Å². The monoisotopic (exact) mass is 280 g/mol. The normalized spacial score (nSPS) is 23.8. The summed E-state index contributed by atoms with van der Waals surface area (Å²) in [5.74, 6) is 0.602. The predicted molar refractivity (Wildman–Crippen MR) is 79.0 cm³/mol. The zero-order chi connectivity index (χ0) is 14.7. The number of phenols is 1. The van der Waals surface area contributed by atoms with E-state index >= 15 is 0 Å². The predicted octanol–water partition coefficient (Wildman–Crippen LogP) is 1.23. The lowest BCUT2D eigenvalue weighted by Crippen LogP contribution is -2.41. The van der Waals surface area contributed by atoms with Gasteiger partial charge in [-0.3, -0.25) is 0 Å². The molecule has 0 amide bonds. The molecule has 1 fully saturated rings. The van der Waals surface area contributed by atoms with Gasteiger partial charge >= 0.3 is 0 Å². The molecule has 2 atom stereocenters. The Morgan fingerprint density at radius 2 is 2.20 bits per heavy atom. The Kier molecular flexibility index (Phi) is 4.73. The fourth-order valence-electron chi connectivity index (χ4n) is 2.78. The van der Waals surface area contributed by atoms with Gasteiger partial charge in [0.1, 0.15) is 0 Å². The molecule has 5 nitrogen and oxygen atoms in total. The molecule has 0 radical (unpaired) electrons. The second-order valence-electron chi connectivity index (χ2n) is 5.55. The van der Waals surface area contributed by atoms with Gasteiger partial charge in [0.25, 0.3) is 0 Å². The second-order valence-corrected chi connectivity index (χ2v) is 5.55. The first-order valence-electron chi connectivity index (χ1n) is 7.12. The van der Waals surface area contributed by atoms with Crippen molar-refractivity contribution in [2.24, 2.45) is 5.92 Å². The fraction of sp³-hybridized carbons (Fsp3) is 0.600. The molecule has 4 N–H and O–H groups in total.